The fourth-order valence-electron chi connectivity index (χ4n) is 1.53. The number of hydrogen-bond donors (Lipinski definition) is 3. The Morgan fingerprint density at radius 2 is 2.00 bits per heavy atom. The first-order chi connectivity index (χ1) is 9.29. The van der Waals surface area contributed by atoms with Gasteiger partial charge in [-0.25, -0.2) is 4.79 Å². The molecule has 0 bridgehead atoms. The molecule has 0 aromatic heterocycles. The lowest BCUT2D eigenvalue weighted by atomic mass is 9.97. The second-order valence-electron chi connectivity index (χ2n) is 3.81. The predicted molar refractivity (Wildman–Crippen MR) is 64.6 cm³/mol. The van der Waals surface area contributed by atoms with Crippen molar-refractivity contribution in [2.45, 2.75) is 12.2 Å². The van der Waals surface area contributed by atoms with E-state index in [0.717, 1.165) is 25.3 Å². The molecule has 1 amide bonds. The van der Waals surface area contributed by atoms with Gasteiger partial charge in [-0.3, -0.25) is 14.9 Å². The summed E-state index contributed by atoms with van der Waals surface area (Å²) in [7, 11) is 1.04. The highest BCUT2D eigenvalue weighted by Crippen LogP contribution is 2.26. The highest BCUT2D eigenvalue weighted by Gasteiger charge is 2.29. The number of hydrogen-bond acceptors (Lipinski definition) is 7. The second-order valence-corrected chi connectivity index (χ2v) is 3.81. The quantitative estimate of drug-likeness (QED) is 0.365. The average Bonchev–Trinajstić information content (AvgIpc) is 2.43. The molecule has 2 unspecified atom stereocenters. The van der Waals surface area contributed by atoms with Crippen LogP contribution in [0.2, 0.25) is 0 Å². The number of rotatable bonds is 5. The lowest BCUT2D eigenvalue weighted by Crippen LogP contribution is -2.34. The van der Waals surface area contributed by atoms with Crippen molar-refractivity contribution >= 4 is 17.6 Å². The Morgan fingerprint density at radius 1 is 1.40 bits per heavy atom. The van der Waals surface area contributed by atoms with Crippen molar-refractivity contribution in [3.8, 4) is 0 Å². The van der Waals surface area contributed by atoms with Gasteiger partial charge in [0.25, 0.3) is 5.69 Å². The number of benzene rings is 1. The summed E-state index contributed by atoms with van der Waals surface area (Å²) in [5.74, 6) is -2.16. The van der Waals surface area contributed by atoms with Crippen molar-refractivity contribution < 1.29 is 29.5 Å². The van der Waals surface area contributed by atoms with Crippen LogP contribution in [0.25, 0.3) is 0 Å². The summed E-state index contributed by atoms with van der Waals surface area (Å²) in [5, 5.41) is 29.8. The number of nitro groups is 1. The molecule has 0 radical (unpaired) electrons. The van der Waals surface area contributed by atoms with Crippen LogP contribution in [0.5, 0.6) is 0 Å². The van der Waals surface area contributed by atoms with Gasteiger partial charge in [0.1, 0.15) is 6.10 Å². The van der Waals surface area contributed by atoms with E-state index in [2.05, 4.69) is 4.74 Å². The third kappa shape index (κ3) is 3.08. The van der Waals surface area contributed by atoms with Crippen molar-refractivity contribution in [3.05, 3.63) is 39.4 Å². The Kier molecular flexibility index (Phi) is 4.73. The number of nitrogens with two attached hydrogens (primary N) is 1. The summed E-state index contributed by atoms with van der Waals surface area (Å²) in [6, 6.07) is 2.93. The number of aliphatic hydroxyl groups excluding tert-OH is 2. The molecule has 4 N–H and O–H groups in total. The normalized spacial score (nSPS) is 13.3. The number of ether oxygens (including phenoxy) is 1. The maximum Gasteiger partial charge on any atom is 0.338 e. The molecule has 0 saturated carbocycles. The van der Waals surface area contributed by atoms with E-state index >= 15 is 0 Å². The Bertz CT molecular complexity index is 558. The molecule has 0 aliphatic rings. The summed E-state index contributed by atoms with van der Waals surface area (Å²) >= 11 is 0. The van der Waals surface area contributed by atoms with Gasteiger partial charge in [0.2, 0.25) is 5.91 Å². The zero-order valence-electron chi connectivity index (χ0n) is 10.3. The van der Waals surface area contributed by atoms with E-state index in [1.54, 1.807) is 0 Å². The van der Waals surface area contributed by atoms with Crippen LogP contribution in [0.1, 0.15) is 22.0 Å². The van der Waals surface area contributed by atoms with Gasteiger partial charge in [-0.05, 0) is 11.6 Å². The van der Waals surface area contributed by atoms with Gasteiger partial charge >= 0.3 is 5.97 Å². The number of non-ortho nitro benzene ring substituents is 1. The van der Waals surface area contributed by atoms with Gasteiger partial charge in [-0.15, -0.1) is 0 Å². The van der Waals surface area contributed by atoms with E-state index < -0.39 is 34.7 Å². The van der Waals surface area contributed by atoms with Crippen molar-refractivity contribution in [1.82, 2.24) is 0 Å². The summed E-state index contributed by atoms with van der Waals surface area (Å²) in [6.07, 6.45) is -3.76. The monoisotopic (exact) mass is 284 g/mol. The minimum absolute atomic E-state index is 0.200. The van der Waals surface area contributed by atoms with Crippen LogP contribution in [0.3, 0.4) is 0 Å². The van der Waals surface area contributed by atoms with E-state index in [1.807, 2.05) is 0 Å². The molecule has 0 fully saturated rings. The van der Waals surface area contributed by atoms with Crippen molar-refractivity contribution in [3.63, 3.8) is 0 Å². The van der Waals surface area contributed by atoms with Crippen molar-refractivity contribution in [2.75, 3.05) is 7.11 Å². The molecule has 9 nitrogen and oxygen atoms in total. The number of primary amides is 1. The molecule has 1 rings (SSSR count). The van der Waals surface area contributed by atoms with Crippen LogP contribution >= 0.6 is 0 Å². The number of esters is 1. The van der Waals surface area contributed by atoms with E-state index in [1.165, 1.54) is 0 Å². The molecule has 0 aliphatic heterocycles. The van der Waals surface area contributed by atoms with Crippen LogP contribution < -0.4 is 5.73 Å². The maximum absolute atomic E-state index is 11.6. The van der Waals surface area contributed by atoms with Gasteiger partial charge in [0, 0.05) is 12.1 Å². The fraction of sp³-hybridized carbons (Fsp3) is 0.273. The molecule has 1 aromatic carbocycles. The Labute approximate surface area is 112 Å². The first kappa shape index (κ1) is 15.5. The zero-order chi connectivity index (χ0) is 15.4. The van der Waals surface area contributed by atoms with Crippen LogP contribution in [-0.2, 0) is 9.53 Å². The molecular weight excluding hydrogens is 272 g/mol. The molecule has 0 heterocycles. The topological polar surface area (TPSA) is 153 Å². The van der Waals surface area contributed by atoms with E-state index in [-0.39, 0.29) is 11.1 Å². The molecule has 2 atom stereocenters. The number of nitro benzene ring substituents is 1. The number of aliphatic hydroxyl groups is 2. The maximum atomic E-state index is 11.6. The standard InChI is InChI=1S/C11H12N2O7/c1-20-11(17)7-4-5(13(18)19)2-3-6(7)8(14)9(15)10(12)16/h2-4,8-9,14-15H,1H3,(H2,12,16). The minimum atomic E-state index is -1.96. The minimum Gasteiger partial charge on any atom is -0.465 e. The number of nitrogens with zero attached hydrogens (tertiary/aromatic N) is 1. The molecule has 20 heavy (non-hydrogen) atoms. The van der Waals surface area contributed by atoms with E-state index in [9.17, 15) is 29.9 Å². The third-order valence-electron chi connectivity index (χ3n) is 2.56. The number of amides is 1. The van der Waals surface area contributed by atoms with Gasteiger partial charge < -0.3 is 20.7 Å². The molecule has 0 saturated heterocycles. The van der Waals surface area contributed by atoms with Crippen LogP contribution in [0.4, 0.5) is 5.69 Å². The first-order valence-corrected chi connectivity index (χ1v) is 5.31. The fourth-order valence-corrected chi connectivity index (χ4v) is 1.53. The summed E-state index contributed by atoms with van der Waals surface area (Å²) in [4.78, 5) is 32.3. The second kappa shape index (κ2) is 6.08. The van der Waals surface area contributed by atoms with E-state index in [4.69, 9.17) is 5.73 Å². The summed E-state index contributed by atoms with van der Waals surface area (Å²) in [5.41, 5.74) is 3.89. The summed E-state index contributed by atoms with van der Waals surface area (Å²) in [6.45, 7) is 0. The number of carbonyl (C=O) groups excluding carboxylic acids is 2. The predicted octanol–water partition coefficient (Wildman–Crippen LogP) is -0.739. The van der Waals surface area contributed by atoms with Crippen LogP contribution in [-0.4, -0.2) is 40.2 Å². The molecule has 0 aliphatic carbocycles. The zero-order valence-corrected chi connectivity index (χ0v) is 10.3. The highest BCUT2D eigenvalue weighted by molar-refractivity contribution is 5.92. The Balaban J connectivity index is 3.35. The van der Waals surface area contributed by atoms with Crippen molar-refractivity contribution in [2.24, 2.45) is 5.73 Å². The molecule has 108 valence electrons. The van der Waals surface area contributed by atoms with Crippen LogP contribution in [0, 0.1) is 10.1 Å². The van der Waals surface area contributed by atoms with Gasteiger partial charge in [-0.2, -0.15) is 0 Å². The molecule has 9 heteroatoms. The Hall–Kier alpha value is -2.52. The van der Waals surface area contributed by atoms with Gasteiger partial charge in [0.15, 0.2) is 6.10 Å². The van der Waals surface area contributed by atoms with Crippen LogP contribution in [0.15, 0.2) is 18.2 Å². The lowest BCUT2D eigenvalue weighted by molar-refractivity contribution is -0.384. The molecular formula is C11H12N2O7. The number of methoxy groups -OCH3 is 1. The largest absolute Gasteiger partial charge is 0.465 e. The first-order valence-electron chi connectivity index (χ1n) is 5.31. The molecule has 0 spiro atoms. The highest BCUT2D eigenvalue weighted by atomic mass is 16.6. The van der Waals surface area contributed by atoms with Gasteiger partial charge in [-0.1, -0.05) is 0 Å². The van der Waals surface area contributed by atoms with Crippen molar-refractivity contribution in [1.29, 1.82) is 0 Å². The van der Waals surface area contributed by atoms with E-state index in [0.29, 0.717) is 0 Å². The third-order valence-corrected chi connectivity index (χ3v) is 2.56. The summed E-state index contributed by atoms with van der Waals surface area (Å²) < 4.78 is 4.43. The smallest absolute Gasteiger partial charge is 0.338 e. The Morgan fingerprint density at radius 3 is 2.45 bits per heavy atom. The van der Waals surface area contributed by atoms with Gasteiger partial charge in [0.05, 0.1) is 17.6 Å². The lowest BCUT2D eigenvalue weighted by Gasteiger charge is -2.17. The number of carbonyl (C=O) groups is 2. The average molecular weight is 284 g/mol. The molecule has 1 aromatic rings. The SMILES string of the molecule is COC(=O)c1cc([N+](=O)[O-])ccc1C(O)C(O)C(N)=O.